The van der Waals surface area contributed by atoms with E-state index in [0.29, 0.717) is 0 Å². The first-order valence-electron chi connectivity index (χ1n) is 0.783. The summed E-state index contributed by atoms with van der Waals surface area (Å²) in [5.74, 6) is 0. The van der Waals surface area contributed by atoms with Crippen molar-refractivity contribution in [2.24, 2.45) is 0 Å². The summed E-state index contributed by atoms with van der Waals surface area (Å²) >= 11 is 0. The predicted molar refractivity (Wildman–Crippen MR) is 28.6 cm³/mol. The van der Waals surface area contributed by atoms with Crippen LogP contribution in [-0.4, -0.2) is 95.6 Å². The third-order valence-electron chi connectivity index (χ3n) is 0. The van der Waals surface area contributed by atoms with E-state index in [1.807, 2.05) is 0 Å². The first-order chi connectivity index (χ1) is 2.00. The molecule has 0 amide bonds. The van der Waals surface area contributed by atoms with E-state index in [-0.39, 0.29) is 98.0 Å². The van der Waals surface area contributed by atoms with Gasteiger partial charge in [-0.1, -0.05) is 0 Å². The molecule has 8 heavy (non-hydrogen) atoms. The van der Waals surface area contributed by atoms with E-state index in [0.717, 1.165) is 0 Å². The van der Waals surface area contributed by atoms with E-state index in [1.54, 1.807) is 0 Å². The van der Waals surface area contributed by atoms with Crippen LogP contribution in [0.15, 0.2) is 0 Å². The van der Waals surface area contributed by atoms with Crippen LogP contribution in [0.5, 0.6) is 0 Å². The van der Waals surface area contributed by atoms with Gasteiger partial charge in [0.2, 0.25) is 0 Å². The standard InChI is InChI=1S/K.Mn.Na.H3O4P.2H/c;;;1-5(2,3)4;;/h;;;(H3,1,2,3,4);;. The maximum absolute atomic E-state index is 8.88. The number of hydrogen-bond donors (Lipinski definition) is 3. The van der Waals surface area contributed by atoms with Gasteiger partial charge in [-0.25, -0.2) is 4.57 Å². The van der Waals surface area contributed by atoms with E-state index >= 15 is 0 Å². The first-order valence-corrected chi connectivity index (χ1v) is 2.35. The van der Waals surface area contributed by atoms with Crippen molar-refractivity contribution in [1.29, 1.82) is 0 Å². The SMILES string of the molecule is O=P(O)(O)O.[KH].[Mn].[NaH]. The van der Waals surface area contributed by atoms with Crippen LogP contribution in [0.3, 0.4) is 0 Å². The summed E-state index contributed by atoms with van der Waals surface area (Å²) in [6, 6.07) is 0. The van der Waals surface area contributed by atoms with Gasteiger partial charge in [0.05, 0.1) is 0 Å². The second-order valence-corrected chi connectivity index (χ2v) is 1.54. The van der Waals surface area contributed by atoms with Crippen LogP contribution >= 0.6 is 7.82 Å². The zero-order chi connectivity index (χ0) is 4.50. The average molecular weight is 217 g/mol. The quantitative estimate of drug-likeness (QED) is 0.317. The van der Waals surface area contributed by atoms with E-state index in [2.05, 4.69) is 0 Å². The Morgan fingerprint density at radius 2 is 1.12 bits per heavy atom. The second-order valence-electron chi connectivity index (χ2n) is 0.513. The molecule has 0 aromatic rings. The summed E-state index contributed by atoms with van der Waals surface area (Å²) in [6.07, 6.45) is 0. The summed E-state index contributed by atoms with van der Waals surface area (Å²) in [5, 5.41) is 0. The van der Waals surface area contributed by atoms with Gasteiger partial charge in [0.1, 0.15) is 0 Å². The third-order valence-corrected chi connectivity index (χ3v) is 0. The van der Waals surface area contributed by atoms with Gasteiger partial charge in [0, 0.05) is 17.1 Å². The predicted octanol–water partition coefficient (Wildman–Crippen LogP) is -2.23. The zero-order valence-corrected chi connectivity index (χ0v) is 4.65. The summed E-state index contributed by atoms with van der Waals surface area (Å²) in [5.41, 5.74) is 0. The molecule has 0 aromatic heterocycles. The Bertz CT molecular complexity index is 62.2. The Morgan fingerprint density at radius 1 is 1.12 bits per heavy atom. The topological polar surface area (TPSA) is 77.8 Å². The van der Waals surface area contributed by atoms with Crippen LogP contribution in [0.4, 0.5) is 0 Å². The fraction of sp³-hybridized carbons (Fsp3) is 0. The Hall–Kier alpha value is 3.27. The normalized spacial score (nSPS) is 7.38. The maximum atomic E-state index is 8.88. The van der Waals surface area contributed by atoms with Gasteiger partial charge in [-0.3, -0.25) is 0 Å². The van der Waals surface area contributed by atoms with Crippen LogP contribution < -0.4 is 0 Å². The van der Waals surface area contributed by atoms with Crippen LogP contribution in [0.1, 0.15) is 0 Å². The molecule has 8 heteroatoms. The Kier molecular flexibility index (Phi) is 28.9. The molecule has 0 aromatic carbocycles. The van der Waals surface area contributed by atoms with Gasteiger partial charge >= 0.3 is 88.8 Å². The number of hydrogen-bond acceptors (Lipinski definition) is 1. The molecular formula is H5KMnNaO4P. The van der Waals surface area contributed by atoms with E-state index < -0.39 is 7.82 Å². The molecule has 4 nitrogen and oxygen atoms in total. The molecule has 43 valence electrons. The van der Waals surface area contributed by atoms with Crippen molar-refractivity contribution in [2.75, 3.05) is 0 Å². The molecule has 1 radical (unpaired) electrons. The van der Waals surface area contributed by atoms with Crippen molar-refractivity contribution >= 4 is 88.8 Å². The van der Waals surface area contributed by atoms with Crippen LogP contribution in [0.2, 0.25) is 0 Å². The summed E-state index contributed by atoms with van der Waals surface area (Å²) < 4.78 is 8.88. The van der Waals surface area contributed by atoms with Crippen molar-refractivity contribution < 1.29 is 36.3 Å². The van der Waals surface area contributed by atoms with Gasteiger partial charge < -0.3 is 14.7 Å². The summed E-state index contributed by atoms with van der Waals surface area (Å²) in [6.45, 7) is 0. The fourth-order valence-electron chi connectivity index (χ4n) is 0. The molecule has 3 N–H and O–H groups in total. The zero-order valence-electron chi connectivity index (χ0n) is 2.58. The first kappa shape index (κ1) is 22.5. The van der Waals surface area contributed by atoms with Crippen LogP contribution in [-0.2, 0) is 21.6 Å². The molecule has 0 saturated carbocycles. The van der Waals surface area contributed by atoms with Crippen molar-refractivity contribution in [3.8, 4) is 0 Å². The molecule has 0 saturated heterocycles. The third kappa shape index (κ3) is 59.4. The minimum atomic E-state index is -4.64. The molecular weight excluding hydrogens is 212 g/mol. The van der Waals surface area contributed by atoms with Crippen molar-refractivity contribution in [3.05, 3.63) is 0 Å². The number of rotatable bonds is 0. The Balaban J connectivity index is -0.0000000267. The van der Waals surface area contributed by atoms with E-state index in [1.165, 1.54) is 0 Å². The second kappa shape index (κ2) is 10.3. The molecule has 0 atom stereocenters. The van der Waals surface area contributed by atoms with Crippen molar-refractivity contribution in [2.45, 2.75) is 0 Å². The van der Waals surface area contributed by atoms with Gasteiger partial charge in [-0.15, -0.1) is 0 Å². The van der Waals surface area contributed by atoms with Crippen LogP contribution in [0.25, 0.3) is 0 Å². The molecule has 0 fully saturated rings. The molecule has 0 rings (SSSR count). The van der Waals surface area contributed by atoms with Crippen LogP contribution in [0, 0.1) is 0 Å². The molecule has 0 aliphatic carbocycles. The van der Waals surface area contributed by atoms with Gasteiger partial charge in [-0.2, -0.15) is 0 Å². The van der Waals surface area contributed by atoms with E-state index in [4.69, 9.17) is 19.2 Å². The average Bonchev–Trinajstić information content (AvgIpc) is 0.722. The molecule has 0 heterocycles. The summed E-state index contributed by atoms with van der Waals surface area (Å²) in [7, 11) is -4.64. The van der Waals surface area contributed by atoms with Gasteiger partial charge in [0.15, 0.2) is 0 Å². The minimum absolute atomic E-state index is 0. The fourth-order valence-corrected chi connectivity index (χ4v) is 0. The molecule has 0 aliphatic rings. The molecule has 0 unspecified atom stereocenters. The van der Waals surface area contributed by atoms with Crippen molar-refractivity contribution in [1.82, 2.24) is 0 Å². The number of phosphoric acid groups is 1. The molecule has 0 spiro atoms. The Labute approximate surface area is 122 Å². The molecule has 0 bridgehead atoms. The monoisotopic (exact) mass is 217 g/mol. The van der Waals surface area contributed by atoms with E-state index in [9.17, 15) is 0 Å². The summed E-state index contributed by atoms with van der Waals surface area (Å²) in [4.78, 5) is 21.6. The van der Waals surface area contributed by atoms with Crippen molar-refractivity contribution in [3.63, 3.8) is 0 Å². The van der Waals surface area contributed by atoms with Gasteiger partial charge in [-0.05, 0) is 0 Å². The molecule has 0 aliphatic heterocycles. The van der Waals surface area contributed by atoms with Gasteiger partial charge in [0.25, 0.3) is 0 Å². The Morgan fingerprint density at radius 3 is 1.12 bits per heavy atom.